The van der Waals surface area contributed by atoms with Crippen molar-refractivity contribution >= 4 is 0 Å². The second-order valence-corrected chi connectivity index (χ2v) is 5.04. The van der Waals surface area contributed by atoms with Gasteiger partial charge in [0.2, 0.25) is 5.88 Å². The first-order valence-corrected chi connectivity index (χ1v) is 7.23. The van der Waals surface area contributed by atoms with Crippen molar-refractivity contribution in [2.24, 2.45) is 0 Å². The molecule has 106 valence electrons. The Hall–Kier alpha value is -1.13. The van der Waals surface area contributed by atoms with E-state index in [9.17, 15) is 0 Å². The lowest BCUT2D eigenvalue weighted by Gasteiger charge is -2.22. The Balaban J connectivity index is 1.86. The summed E-state index contributed by atoms with van der Waals surface area (Å²) in [5.41, 5.74) is 1.20. The van der Waals surface area contributed by atoms with Crippen molar-refractivity contribution in [2.75, 3.05) is 19.8 Å². The molecule has 19 heavy (non-hydrogen) atoms. The summed E-state index contributed by atoms with van der Waals surface area (Å²) in [6, 6.07) is 4.40. The third-order valence-corrected chi connectivity index (χ3v) is 3.42. The van der Waals surface area contributed by atoms with Crippen LogP contribution in [0.3, 0.4) is 0 Å². The molecule has 0 bridgehead atoms. The van der Waals surface area contributed by atoms with Gasteiger partial charge < -0.3 is 14.8 Å². The lowest BCUT2D eigenvalue weighted by Crippen LogP contribution is -2.26. The summed E-state index contributed by atoms with van der Waals surface area (Å²) in [5, 5.41) is 3.45. The molecule has 1 unspecified atom stereocenters. The van der Waals surface area contributed by atoms with Gasteiger partial charge in [0.25, 0.3) is 0 Å². The monoisotopic (exact) mass is 264 g/mol. The summed E-state index contributed by atoms with van der Waals surface area (Å²) in [7, 11) is 0. The summed E-state index contributed by atoms with van der Waals surface area (Å²) in [4.78, 5) is 4.40. The van der Waals surface area contributed by atoms with Gasteiger partial charge in [0, 0.05) is 31.1 Å². The Bertz CT molecular complexity index is 361. The molecule has 4 nitrogen and oxygen atoms in total. The highest BCUT2D eigenvalue weighted by Gasteiger charge is 2.15. The maximum Gasteiger partial charge on any atom is 0.213 e. The van der Waals surface area contributed by atoms with E-state index in [2.05, 4.69) is 30.2 Å². The van der Waals surface area contributed by atoms with Crippen molar-refractivity contribution in [1.82, 2.24) is 10.3 Å². The second kappa shape index (κ2) is 7.46. The standard InChI is InChI=1S/C15H24N2O2/c1-3-8-16-12(2)13-4-5-15(17-11-13)19-14-6-9-18-10-7-14/h4-5,11-12,14,16H,3,6-10H2,1-2H3. The van der Waals surface area contributed by atoms with Crippen molar-refractivity contribution in [1.29, 1.82) is 0 Å². The minimum Gasteiger partial charge on any atom is -0.474 e. The molecule has 4 heteroatoms. The molecule has 1 fully saturated rings. The number of ether oxygens (including phenoxy) is 2. The van der Waals surface area contributed by atoms with Crippen LogP contribution in [0.15, 0.2) is 18.3 Å². The number of pyridine rings is 1. The third-order valence-electron chi connectivity index (χ3n) is 3.42. The summed E-state index contributed by atoms with van der Waals surface area (Å²) in [6.45, 7) is 6.94. The zero-order valence-electron chi connectivity index (χ0n) is 11.9. The van der Waals surface area contributed by atoms with Gasteiger partial charge in [-0.05, 0) is 25.5 Å². The second-order valence-electron chi connectivity index (χ2n) is 5.04. The van der Waals surface area contributed by atoms with Crippen LogP contribution in [-0.4, -0.2) is 30.8 Å². The van der Waals surface area contributed by atoms with Gasteiger partial charge in [-0.3, -0.25) is 0 Å². The molecule has 1 N–H and O–H groups in total. The lowest BCUT2D eigenvalue weighted by atomic mass is 10.1. The van der Waals surface area contributed by atoms with E-state index in [1.165, 1.54) is 5.56 Å². The predicted molar refractivity (Wildman–Crippen MR) is 75.4 cm³/mol. The molecule has 0 saturated carbocycles. The van der Waals surface area contributed by atoms with Gasteiger partial charge in [0.15, 0.2) is 0 Å². The molecule has 1 aromatic rings. The van der Waals surface area contributed by atoms with Gasteiger partial charge in [-0.1, -0.05) is 13.0 Å². The summed E-state index contributed by atoms with van der Waals surface area (Å²) < 4.78 is 11.2. The molecule has 0 aliphatic carbocycles. The Morgan fingerprint density at radius 1 is 1.42 bits per heavy atom. The van der Waals surface area contributed by atoms with E-state index >= 15 is 0 Å². The largest absolute Gasteiger partial charge is 0.474 e. The average Bonchev–Trinajstić information content (AvgIpc) is 2.46. The highest BCUT2D eigenvalue weighted by molar-refractivity contribution is 5.20. The van der Waals surface area contributed by atoms with Gasteiger partial charge >= 0.3 is 0 Å². The summed E-state index contributed by atoms with van der Waals surface area (Å²) in [6.07, 6.45) is 5.21. The van der Waals surface area contributed by atoms with Crippen LogP contribution in [0.4, 0.5) is 0 Å². The maximum absolute atomic E-state index is 5.86. The average molecular weight is 264 g/mol. The number of hydrogen-bond donors (Lipinski definition) is 1. The van der Waals surface area contributed by atoms with Gasteiger partial charge in [-0.2, -0.15) is 0 Å². The zero-order valence-corrected chi connectivity index (χ0v) is 11.9. The molecular weight excluding hydrogens is 240 g/mol. The molecule has 0 radical (unpaired) electrons. The topological polar surface area (TPSA) is 43.4 Å². The fourth-order valence-electron chi connectivity index (χ4n) is 2.16. The van der Waals surface area contributed by atoms with Crippen LogP contribution in [0.1, 0.15) is 44.7 Å². The van der Waals surface area contributed by atoms with Crippen LogP contribution in [0.5, 0.6) is 5.88 Å². The highest BCUT2D eigenvalue weighted by atomic mass is 16.5. The van der Waals surface area contributed by atoms with Gasteiger partial charge in [-0.15, -0.1) is 0 Å². The van der Waals surface area contributed by atoms with Gasteiger partial charge in [0.05, 0.1) is 13.2 Å². The van der Waals surface area contributed by atoms with Crippen LogP contribution in [0, 0.1) is 0 Å². The van der Waals surface area contributed by atoms with E-state index in [0.717, 1.165) is 44.9 Å². The van der Waals surface area contributed by atoms with E-state index < -0.39 is 0 Å². The molecule has 0 amide bonds. The van der Waals surface area contributed by atoms with E-state index in [1.54, 1.807) is 0 Å². The Morgan fingerprint density at radius 2 is 2.21 bits per heavy atom. The van der Waals surface area contributed by atoms with Crippen LogP contribution in [0.2, 0.25) is 0 Å². The van der Waals surface area contributed by atoms with Gasteiger partial charge in [-0.25, -0.2) is 4.98 Å². The minimum atomic E-state index is 0.253. The van der Waals surface area contributed by atoms with Crippen molar-refractivity contribution in [3.8, 4) is 5.88 Å². The SMILES string of the molecule is CCCNC(C)c1ccc(OC2CCOCC2)nc1. The maximum atomic E-state index is 5.86. The lowest BCUT2D eigenvalue weighted by molar-refractivity contribution is 0.0237. The molecule has 0 aromatic carbocycles. The molecule has 2 rings (SSSR count). The minimum absolute atomic E-state index is 0.253. The van der Waals surface area contributed by atoms with Crippen molar-refractivity contribution in [3.63, 3.8) is 0 Å². The number of aromatic nitrogens is 1. The highest BCUT2D eigenvalue weighted by Crippen LogP contribution is 2.18. The first-order chi connectivity index (χ1) is 9.29. The van der Waals surface area contributed by atoms with E-state index in [0.29, 0.717) is 6.04 Å². The molecular formula is C15H24N2O2. The van der Waals surface area contributed by atoms with Crippen LogP contribution < -0.4 is 10.1 Å². The number of nitrogens with zero attached hydrogens (tertiary/aromatic N) is 1. The molecule has 1 atom stereocenters. The quantitative estimate of drug-likeness (QED) is 0.858. The van der Waals surface area contributed by atoms with Crippen LogP contribution in [0.25, 0.3) is 0 Å². The molecule has 1 aliphatic heterocycles. The molecule has 1 saturated heterocycles. The third kappa shape index (κ3) is 4.48. The first kappa shape index (κ1) is 14.3. The molecule has 2 heterocycles. The number of hydrogen-bond acceptors (Lipinski definition) is 4. The van der Waals surface area contributed by atoms with E-state index in [4.69, 9.17) is 9.47 Å². The van der Waals surface area contributed by atoms with Crippen molar-refractivity contribution < 1.29 is 9.47 Å². The fourth-order valence-corrected chi connectivity index (χ4v) is 2.16. The Labute approximate surface area is 115 Å². The molecule has 0 spiro atoms. The normalized spacial score (nSPS) is 18.2. The first-order valence-electron chi connectivity index (χ1n) is 7.23. The van der Waals surface area contributed by atoms with E-state index in [-0.39, 0.29) is 6.10 Å². The van der Waals surface area contributed by atoms with Crippen LogP contribution in [-0.2, 0) is 4.74 Å². The Morgan fingerprint density at radius 3 is 2.84 bits per heavy atom. The summed E-state index contributed by atoms with van der Waals surface area (Å²) in [5.74, 6) is 0.721. The smallest absolute Gasteiger partial charge is 0.213 e. The number of nitrogens with one attached hydrogen (secondary N) is 1. The van der Waals surface area contributed by atoms with E-state index in [1.807, 2.05) is 12.3 Å². The fraction of sp³-hybridized carbons (Fsp3) is 0.667. The Kier molecular flexibility index (Phi) is 5.61. The molecule has 1 aliphatic rings. The predicted octanol–water partition coefficient (Wildman–Crippen LogP) is 2.70. The summed E-state index contributed by atoms with van der Waals surface area (Å²) >= 11 is 0. The zero-order chi connectivity index (χ0) is 13.5. The van der Waals surface area contributed by atoms with Crippen molar-refractivity contribution in [2.45, 2.75) is 45.3 Å². The molecule has 1 aromatic heterocycles. The van der Waals surface area contributed by atoms with Crippen molar-refractivity contribution in [3.05, 3.63) is 23.9 Å². The number of rotatable bonds is 6. The van der Waals surface area contributed by atoms with Gasteiger partial charge in [0.1, 0.15) is 6.10 Å². The van der Waals surface area contributed by atoms with Crippen LogP contribution >= 0.6 is 0 Å².